The lowest BCUT2D eigenvalue weighted by atomic mass is 9.89. The molecule has 2 rings (SSSR count). The summed E-state index contributed by atoms with van der Waals surface area (Å²) in [5, 5.41) is 0. The topological polar surface area (TPSA) is 28.7 Å². The Kier molecular flexibility index (Phi) is 3.53. The van der Waals surface area contributed by atoms with Gasteiger partial charge < -0.3 is 4.98 Å². The van der Waals surface area contributed by atoms with Gasteiger partial charge in [0.2, 0.25) is 0 Å². The van der Waals surface area contributed by atoms with Gasteiger partial charge in [-0.25, -0.2) is 4.98 Å². The van der Waals surface area contributed by atoms with Crippen LogP contribution in [-0.2, 0) is 19.3 Å². The molecule has 1 aliphatic rings. The molecule has 1 aliphatic carbocycles. The Bertz CT molecular complexity index is 445. The van der Waals surface area contributed by atoms with Crippen molar-refractivity contribution in [3.63, 3.8) is 0 Å². The lowest BCUT2D eigenvalue weighted by Crippen LogP contribution is -2.28. The van der Waals surface area contributed by atoms with Gasteiger partial charge in [0.1, 0.15) is 5.82 Å². The normalized spacial score (nSPS) is 20.4. The molecule has 0 aromatic carbocycles. The molecule has 108 valence electrons. The van der Waals surface area contributed by atoms with E-state index in [2.05, 4.69) is 9.97 Å². The van der Waals surface area contributed by atoms with E-state index in [0.717, 1.165) is 0 Å². The molecule has 1 heterocycles. The second-order valence-electron chi connectivity index (χ2n) is 4.71. The average molecular weight is 286 g/mol. The highest BCUT2D eigenvalue weighted by Crippen LogP contribution is 2.36. The summed E-state index contributed by atoms with van der Waals surface area (Å²) in [4.78, 5) is 6.54. The first kappa shape index (κ1) is 14.2. The van der Waals surface area contributed by atoms with E-state index in [0.29, 0.717) is 11.4 Å². The Labute approximate surface area is 105 Å². The fourth-order valence-corrected chi connectivity index (χ4v) is 2.20. The van der Waals surface area contributed by atoms with Crippen molar-refractivity contribution < 1.29 is 26.3 Å². The number of halogens is 6. The molecule has 0 radical (unpaired) electrons. The van der Waals surface area contributed by atoms with Crippen LogP contribution in [0.2, 0.25) is 0 Å². The highest BCUT2D eigenvalue weighted by Gasteiger charge is 2.42. The number of aromatic amines is 1. The van der Waals surface area contributed by atoms with Crippen LogP contribution in [0.15, 0.2) is 0 Å². The Morgan fingerprint density at radius 2 is 1.84 bits per heavy atom. The second-order valence-corrected chi connectivity index (χ2v) is 4.71. The Balaban J connectivity index is 2.04. The summed E-state index contributed by atoms with van der Waals surface area (Å²) in [5.74, 6) is -1.32. The monoisotopic (exact) mass is 286 g/mol. The number of nitrogens with zero attached hydrogens (tertiary/aromatic N) is 1. The summed E-state index contributed by atoms with van der Waals surface area (Å²) in [6, 6.07) is 0. The summed E-state index contributed by atoms with van der Waals surface area (Å²) in [7, 11) is 0. The Hall–Kier alpha value is -1.21. The largest absolute Gasteiger partial charge is 0.392 e. The molecule has 0 amide bonds. The molecule has 0 saturated heterocycles. The second kappa shape index (κ2) is 4.72. The zero-order valence-corrected chi connectivity index (χ0v) is 9.83. The van der Waals surface area contributed by atoms with Crippen molar-refractivity contribution in [1.82, 2.24) is 9.97 Å². The van der Waals surface area contributed by atoms with E-state index in [1.807, 2.05) is 0 Å². The summed E-state index contributed by atoms with van der Waals surface area (Å²) in [5.41, 5.74) is 0.795. The van der Waals surface area contributed by atoms with Crippen LogP contribution in [0.4, 0.5) is 26.3 Å². The summed E-state index contributed by atoms with van der Waals surface area (Å²) < 4.78 is 73.8. The summed E-state index contributed by atoms with van der Waals surface area (Å²) in [6.45, 7) is 0. The van der Waals surface area contributed by atoms with Crippen LogP contribution in [0.25, 0.3) is 0 Å². The van der Waals surface area contributed by atoms with Gasteiger partial charge in [0.25, 0.3) is 0 Å². The van der Waals surface area contributed by atoms with Gasteiger partial charge in [-0.3, -0.25) is 0 Å². The molecule has 1 aromatic rings. The van der Waals surface area contributed by atoms with E-state index in [1.165, 1.54) is 0 Å². The maximum absolute atomic E-state index is 12.6. The number of fused-ring (bicyclic) bond motifs is 1. The first-order chi connectivity index (χ1) is 8.65. The molecule has 0 fully saturated rings. The zero-order chi connectivity index (χ0) is 14.3. The van der Waals surface area contributed by atoms with Crippen LogP contribution in [0.5, 0.6) is 0 Å². The van der Waals surface area contributed by atoms with Gasteiger partial charge in [0, 0.05) is 18.5 Å². The van der Waals surface area contributed by atoms with Gasteiger partial charge in [-0.05, 0) is 12.8 Å². The third-order valence-corrected chi connectivity index (χ3v) is 3.20. The number of imidazole rings is 1. The number of nitrogens with one attached hydrogen (secondary N) is 1. The number of aromatic nitrogens is 2. The standard InChI is InChI=1S/C11H12F6N2/c12-10(13,14)4-3-9-18-7-2-1-6(11(15,16)17)5-8(7)19-9/h6H,1-5H2,(H,18,19). The number of hydrogen-bond donors (Lipinski definition) is 1. The number of hydrogen-bond acceptors (Lipinski definition) is 1. The van der Waals surface area contributed by atoms with E-state index in [4.69, 9.17) is 0 Å². The van der Waals surface area contributed by atoms with Crippen LogP contribution in [-0.4, -0.2) is 22.3 Å². The summed E-state index contributed by atoms with van der Waals surface area (Å²) in [6.07, 6.45) is -10.0. The van der Waals surface area contributed by atoms with Crippen LogP contribution < -0.4 is 0 Å². The number of H-pyrrole nitrogens is 1. The average Bonchev–Trinajstić information content (AvgIpc) is 2.65. The molecule has 0 saturated carbocycles. The van der Waals surface area contributed by atoms with Crippen molar-refractivity contribution in [3.8, 4) is 0 Å². The SMILES string of the molecule is FC(F)(F)CCc1nc2c([nH]1)CC(C(F)(F)F)CC2. The molecule has 1 atom stereocenters. The molecule has 1 N–H and O–H groups in total. The summed E-state index contributed by atoms with van der Waals surface area (Å²) >= 11 is 0. The molecule has 2 nitrogen and oxygen atoms in total. The van der Waals surface area contributed by atoms with E-state index < -0.39 is 24.7 Å². The maximum atomic E-state index is 12.6. The van der Waals surface area contributed by atoms with E-state index in [-0.39, 0.29) is 31.5 Å². The molecule has 19 heavy (non-hydrogen) atoms. The van der Waals surface area contributed by atoms with Crippen LogP contribution in [0.3, 0.4) is 0 Å². The van der Waals surface area contributed by atoms with Crippen molar-refractivity contribution in [3.05, 3.63) is 17.2 Å². The lowest BCUT2D eigenvalue weighted by molar-refractivity contribution is -0.177. The highest BCUT2D eigenvalue weighted by atomic mass is 19.4. The van der Waals surface area contributed by atoms with Gasteiger partial charge in [0.05, 0.1) is 18.0 Å². The fraction of sp³-hybridized carbons (Fsp3) is 0.727. The van der Waals surface area contributed by atoms with Crippen LogP contribution in [0, 0.1) is 5.92 Å². The van der Waals surface area contributed by atoms with E-state index in [9.17, 15) is 26.3 Å². The van der Waals surface area contributed by atoms with Gasteiger partial charge in [-0.1, -0.05) is 0 Å². The minimum atomic E-state index is -4.29. The first-order valence-electron chi connectivity index (χ1n) is 5.85. The predicted molar refractivity (Wildman–Crippen MR) is 54.5 cm³/mol. The minimum Gasteiger partial charge on any atom is -0.346 e. The van der Waals surface area contributed by atoms with Crippen LogP contribution in [0.1, 0.15) is 30.1 Å². The van der Waals surface area contributed by atoms with E-state index >= 15 is 0 Å². The molecular weight excluding hydrogens is 274 g/mol. The van der Waals surface area contributed by atoms with Crippen molar-refractivity contribution in [1.29, 1.82) is 0 Å². The fourth-order valence-electron chi connectivity index (χ4n) is 2.20. The smallest absolute Gasteiger partial charge is 0.346 e. The molecule has 0 spiro atoms. The third kappa shape index (κ3) is 3.63. The van der Waals surface area contributed by atoms with Gasteiger partial charge in [-0.15, -0.1) is 0 Å². The van der Waals surface area contributed by atoms with Crippen LogP contribution >= 0.6 is 0 Å². The molecule has 1 aromatic heterocycles. The van der Waals surface area contributed by atoms with Gasteiger partial charge in [-0.2, -0.15) is 26.3 Å². The maximum Gasteiger partial charge on any atom is 0.392 e. The molecule has 1 unspecified atom stereocenters. The van der Waals surface area contributed by atoms with Crippen molar-refractivity contribution in [2.24, 2.45) is 5.92 Å². The first-order valence-corrected chi connectivity index (χ1v) is 5.85. The minimum absolute atomic E-state index is 0.0555. The van der Waals surface area contributed by atoms with Gasteiger partial charge in [0.15, 0.2) is 0 Å². The lowest BCUT2D eigenvalue weighted by Gasteiger charge is -2.23. The number of alkyl halides is 6. The molecule has 0 aliphatic heterocycles. The van der Waals surface area contributed by atoms with Crippen molar-refractivity contribution in [2.75, 3.05) is 0 Å². The van der Waals surface area contributed by atoms with Crippen molar-refractivity contribution in [2.45, 2.75) is 44.5 Å². The van der Waals surface area contributed by atoms with E-state index in [1.54, 1.807) is 0 Å². The molecule has 0 bridgehead atoms. The number of rotatable bonds is 2. The van der Waals surface area contributed by atoms with Crippen molar-refractivity contribution >= 4 is 0 Å². The highest BCUT2D eigenvalue weighted by molar-refractivity contribution is 5.19. The molecule has 8 heteroatoms. The Morgan fingerprint density at radius 3 is 2.42 bits per heavy atom. The predicted octanol–water partition coefficient (Wildman–Crippen LogP) is 3.57. The Morgan fingerprint density at radius 1 is 1.16 bits per heavy atom. The number of aryl methyl sites for hydroxylation is 2. The molecular formula is C11H12F6N2. The quantitative estimate of drug-likeness (QED) is 0.827. The third-order valence-electron chi connectivity index (χ3n) is 3.20. The zero-order valence-electron chi connectivity index (χ0n) is 9.83. The van der Waals surface area contributed by atoms with Gasteiger partial charge >= 0.3 is 12.4 Å².